The summed E-state index contributed by atoms with van der Waals surface area (Å²) in [4.78, 5) is 41.6. The van der Waals surface area contributed by atoms with Crippen LogP contribution in [-0.2, 0) is 25.5 Å². The number of benzene rings is 1. The minimum absolute atomic E-state index is 0.00875. The molecule has 1 aromatic carbocycles. The van der Waals surface area contributed by atoms with E-state index in [-0.39, 0.29) is 36.2 Å². The number of amides is 2. The smallest absolute Gasteiger partial charge is 0.307 e. The summed E-state index contributed by atoms with van der Waals surface area (Å²) in [7, 11) is 0. The van der Waals surface area contributed by atoms with Crippen molar-refractivity contribution in [2.75, 3.05) is 6.54 Å². The van der Waals surface area contributed by atoms with Crippen molar-refractivity contribution >= 4 is 17.8 Å². The lowest BCUT2D eigenvalue weighted by Gasteiger charge is -2.36. The first-order valence-electron chi connectivity index (χ1n) is 12.7. The molecule has 1 heterocycles. The van der Waals surface area contributed by atoms with E-state index in [1.807, 2.05) is 53.7 Å². The summed E-state index contributed by atoms with van der Waals surface area (Å²) in [6.45, 7) is 14.0. The Morgan fingerprint density at radius 3 is 2.44 bits per heavy atom. The van der Waals surface area contributed by atoms with Crippen LogP contribution in [0.3, 0.4) is 0 Å². The van der Waals surface area contributed by atoms with Gasteiger partial charge < -0.3 is 15.0 Å². The molecule has 3 rings (SSSR count). The first-order valence-corrected chi connectivity index (χ1v) is 12.7. The van der Waals surface area contributed by atoms with Crippen LogP contribution in [0.1, 0.15) is 91.3 Å². The van der Waals surface area contributed by atoms with Gasteiger partial charge in [0, 0.05) is 6.54 Å². The van der Waals surface area contributed by atoms with E-state index in [1.54, 1.807) is 4.90 Å². The number of ether oxygens (including phenoxy) is 1. The number of fused-ring (bicyclic) bond motifs is 1. The van der Waals surface area contributed by atoms with Crippen molar-refractivity contribution in [3.63, 3.8) is 0 Å². The molecule has 0 aromatic heterocycles. The quantitative estimate of drug-likeness (QED) is 0.627. The van der Waals surface area contributed by atoms with Gasteiger partial charge in [0.25, 0.3) is 0 Å². The molecule has 0 saturated carbocycles. The summed E-state index contributed by atoms with van der Waals surface area (Å²) >= 11 is 0. The van der Waals surface area contributed by atoms with Gasteiger partial charge in [0.2, 0.25) is 11.8 Å². The third kappa shape index (κ3) is 6.39. The highest BCUT2D eigenvalue weighted by atomic mass is 16.6. The number of likely N-dealkylation sites (tertiary alicyclic amines) is 1. The van der Waals surface area contributed by atoms with E-state index in [4.69, 9.17) is 4.74 Å². The predicted octanol–water partition coefficient (Wildman–Crippen LogP) is 4.81. The molecular formula is C28H42N2O4. The molecule has 0 radical (unpaired) electrons. The van der Waals surface area contributed by atoms with Gasteiger partial charge in [0.05, 0.1) is 18.4 Å². The van der Waals surface area contributed by atoms with E-state index in [0.717, 1.165) is 19.3 Å². The molecule has 6 heteroatoms. The molecule has 1 N–H and O–H groups in total. The first kappa shape index (κ1) is 26.2. The standard InChI is InChI=1S/C28H42N2O4/c1-18-15-23(25(32)29-22-14-10-12-19-11-8-9-13-20(19)22)30(17-18)26(33)21(27(2,3)4)16-24(31)34-28(5,6)7/h8-9,11,13,18,21-23H,10,12,14-17H2,1-7H3,(H,29,32)/t18-,21+,22?,23-/m0/s1. The summed E-state index contributed by atoms with van der Waals surface area (Å²) in [6.07, 6.45) is 3.62. The molecule has 2 aliphatic rings. The minimum atomic E-state index is -0.608. The molecule has 1 aromatic rings. The number of rotatable bonds is 5. The Morgan fingerprint density at radius 1 is 1.12 bits per heavy atom. The van der Waals surface area contributed by atoms with Gasteiger partial charge in [-0.05, 0) is 68.9 Å². The Kier molecular flexibility index (Phi) is 7.79. The van der Waals surface area contributed by atoms with Crippen molar-refractivity contribution in [3.8, 4) is 0 Å². The molecule has 188 valence electrons. The van der Waals surface area contributed by atoms with Crippen LogP contribution < -0.4 is 5.32 Å². The van der Waals surface area contributed by atoms with Crippen LogP contribution in [-0.4, -0.2) is 40.9 Å². The van der Waals surface area contributed by atoms with E-state index in [9.17, 15) is 14.4 Å². The molecule has 1 unspecified atom stereocenters. The fourth-order valence-electron chi connectivity index (χ4n) is 5.22. The van der Waals surface area contributed by atoms with Crippen molar-refractivity contribution in [2.24, 2.45) is 17.3 Å². The summed E-state index contributed by atoms with van der Waals surface area (Å²) in [5.41, 5.74) is 1.42. The first-order chi connectivity index (χ1) is 15.8. The molecule has 0 bridgehead atoms. The second-order valence-corrected chi connectivity index (χ2v) is 12.2. The lowest BCUT2D eigenvalue weighted by molar-refractivity contribution is -0.161. The van der Waals surface area contributed by atoms with Crippen LogP contribution >= 0.6 is 0 Å². The Labute approximate surface area is 204 Å². The van der Waals surface area contributed by atoms with Gasteiger partial charge in [-0.1, -0.05) is 52.0 Å². The zero-order chi connectivity index (χ0) is 25.3. The second kappa shape index (κ2) is 10.1. The zero-order valence-corrected chi connectivity index (χ0v) is 21.9. The Balaban J connectivity index is 1.77. The van der Waals surface area contributed by atoms with Gasteiger partial charge >= 0.3 is 5.97 Å². The second-order valence-electron chi connectivity index (χ2n) is 12.2. The van der Waals surface area contributed by atoms with Gasteiger partial charge in [-0.25, -0.2) is 0 Å². The van der Waals surface area contributed by atoms with Crippen LogP contribution in [0, 0.1) is 17.3 Å². The van der Waals surface area contributed by atoms with E-state index in [2.05, 4.69) is 24.4 Å². The molecule has 34 heavy (non-hydrogen) atoms. The highest BCUT2D eigenvalue weighted by Crippen LogP contribution is 2.36. The van der Waals surface area contributed by atoms with Gasteiger partial charge in [-0.2, -0.15) is 0 Å². The molecule has 1 fully saturated rings. The molecule has 0 spiro atoms. The topological polar surface area (TPSA) is 75.7 Å². The number of nitrogens with zero attached hydrogens (tertiary/aromatic N) is 1. The summed E-state index contributed by atoms with van der Waals surface area (Å²) < 4.78 is 5.52. The normalized spacial score (nSPS) is 23.7. The van der Waals surface area contributed by atoms with Gasteiger partial charge in [0.1, 0.15) is 11.6 Å². The number of esters is 1. The molecule has 2 amide bonds. The Bertz CT molecular complexity index is 912. The summed E-state index contributed by atoms with van der Waals surface area (Å²) in [5, 5.41) is 3.25. The van der Waals surface area contributed by atoms with E-state index >= 15 is 0 Å². The average molecular weight is 471 g/mol. The van der Waals surface area contributed by atoms with Gasteiger partial charge in [-0.15, -0.1) is 0 Å². The van der Waals surface area contributed by atoms with Gasteiger partial charge in [0.15, 0.2) is 0 Å². The largest absolute Gasteiger partial charge is 0.460 e. The number of carbonyl (C=O) groups excluding carboxylic acids is 3. The van der Waals surface area contributed by atoms with Crippen LogP contribution in [0.2, 0.25) is 0 Å². The Morgan fingerprint density at radius 2 is 1.79 bits per heavy atom. The fourth-order valence-corrected chi connectivity index (χ4v) is 5.22. The number of nitrogens with one attached hydrogen (secondary N) is 1. The monoisotopic (exact) mass is 470 g/mol. The number of aryl methyl sites for hydroxylation is 1. The maximum Gasteiger partial charge on any atom is 0.307 e. The fraction of sp³-hybridized carbons (Fsp3) is 0.679. The van der Waals surface area contributed by atoms with E-state index in [0.29, 0.717) is 13.0 Å². The van der Waals surface area contributed by atoms with E-state index < -0.39 is 23.0 Å². The van der Waals surface area contributed by atoms with Crippen molar-refractivity contribution in [1.82, 2.24) is 10.2 Å². The maximum absolute atomic E-state index is 13.8. The lowest BCUT2D eigenvalue weighted by Crippen LogP contribution is -2.51. The molecule has 1 aliphatic heterocycles. The number of hydrogen-bond donors (Lipinski definition) is 1. The number of carbonyl (C=O) groups is 3. The average Bonchev–Trinajstić information content (AvgIpc) is 3.11. The van der Waals surface area contributed by atoms with Gasteiger partial charge in [-0.3, -0.25) is 14.4 Å². The summed E-state index contributed by atoms with van der Waals surface area (Å²) in [5.74, 6) is -0.942. The third-order valence-corrected chi connectivity index (χ3v) is 6.92. The SMILES string of the molecule is C[C@H]1C[C@@H](C(=O)NC2CCCc3ccccc32)N(C(=O)[C@@H](CC(=O)OC(C)(C)C)C(C)(C)C)C1. The van der Waals surface area contributed by atoms with Crippen LogP contribution in [0.25, 0.3) is 0 Å². The molecule has 1 saturated heterocycles. The third-order valence-electron chi connectivity index (χ3n) is 6.92. The highest BCUT2D eigenvalue weighted by Gasteiger charge is 2.44. The van der Waals surface area contributed by atoms with Crippen LogP contribution in [0.15, 0.2) is 24.3 Å². The van der Waals surface area contributed by atoms with Crippen molar-refractivity contribution < 1.29 is 19.1 Å². The minimum Gasteiger partial charge on any atom is -0.460 e. The number of hydrogen-bond acceptors (Lipinski definition) is 4. The predicted molar refractivity (Wildman–Crippen MR) is 133 cm³/mol. The molecule has 1 aliphatic carbocycles. The van der Waals surface area contributed by atoms with Crippen molar-refractivity contribution in [3.05, 3.63) is 35.4 Å². The van der Waals surface area contributed by atoms with Crippen molar-refractivity contribution in [1.29, 1.82) is 0 Å². The zero-order valence-electron chi connectivity index (χ0n) is 21.9. The molecule has 6 nitrogen and oxygen atoms in total. The lowest BCUT2D eigenvalue weighted by atomic mass is 9.77. The molecular weight excluding hydrogens is 428 g/mol. The highest BCUT2D eigenvalue weighted by molar-refractivity contribution is 5.91. The Hall–Kier alpha value is -2.37. The summed E-state index contributed by atoms with van der Waals surface area (Å²) in [6, 6.07) is 7.74. The maximum atomic E-state index is 13.8. The van der Waals surface area contributed by atoms with Crippen molar-refractivity contribution in [2.45, 2.75) is 98.3 Å². The van der Waals surface area contributed by atoms with Crippen LogP contribution in [0.5, 0.6) is 0 Å². The van der Waals surface area contributed by atoms with Crippen LogP contribution in [0.4, 0.5) is 0 Å². The van der Waals surface area contributed by atoms with E-state index in [1.165, 1.54) is 11.1 Å². The molecule has 4 atom stereocenters.